The zero-order valence-electron chi connectivity index (χ0n) is 16.1. The summed E-state index contributed by atoms with van der Waals surface area (Å²) in [5, 5.41) is 5.73. The molecule has 0 atom stereocenters. The maximum atomic E-state index is 13.0. The summed E-state index contributed by atoms with van der Waals surface area (Å²) in [6, 6.07) is 21.2. The molecule has 0 unspecified atom stereocenters. The molecule has 0 spiro atoms. The topological polar surface area (TPSA) is 49.4 Å². The number of piperidine rings is 1. The van der Waals surface area contributed by atoms with E-state index >= 15 is 0 Å². The van der Waals surface area contributed by atoms with Gasteiger partial charge in [-0.3, -0.25) is 9.59 Å². The van der Waals surface area contributed by atoms with E-state index in [1.54, 1.807) is 0 Å². The van der Waals surface area contributed by atoms with Crippen molar-refractivity contribution in [3.05, 3.63) is 82.9 Å². The lowest BCUT2D eigenvalue weighted by Crippen LogP contribution is -2.43. The fourth-order valence-electron chi connectivity index (χ4n) is 3.86. The molecule has 0 saturated carbocycles. The van der Waals surface area contributed by atoms with Crippen LogP contribution >= 0.6 is 11.6 Å². The second-order valence-corrected chi connectivity index (χ2v) is 7.87. The van der Waals surface area contributed by atoms with Gasteiger partial charge in [0, 0.05) is 36.1 Å². The van der Waals surface area contributed by atoms with E-state index in [2.05, 4.69) is 5.32 Å². The SMILES string of the molecule is O=C(NCc1ccc(Cl)cc1)C1CCN(C(=O)c2cccc3ccccc23)CC1. The first-order valence-electron chi connectivity index (χ1n) is 9.91. The van der Waals surface area contributed by atoms with Gasteiger partial charge in [0.25, 0.3) is 5.91 Å². The number of nitrogens with zero attached hydrogens (tertiary/aromatic N) is 1. The predicted molar refractivity (Wildman–Crippen MR) is 116 cm³/mol. The van der Waals surface area contributed by atoms with E-state index in [1.165, 1.54) is 0 Å². The van der Waals surface area contributed by atoms with Crippen molar-refractivity contribution in [1.29, 1.82) is 0 Å². The largest absolute Gasteiger partial charge is 0.352 e. The number of likely N-dealkylation sites (tertiary alicyclic amines) is 1. The molecule has 1 aliphatic rings. The van der Waals surface area contributed by atoms with Gasteiger partial charge in [0.15, 0.2) is 0 Å². The molecule has 29 heavy (non-hydrogen) atoms. The van der Waals surface area contributed by atoms with Crippen molar-refractivity contribution in [2.45, 2.75) is 19.4 Å². The van der Waals surface area contributed by atoms with Crippen molar-refractivity contribution in [2.24, 2.45) is 5.92 Å². The normalized spacial score (nSPS) is 14.7. The molecule has 5 heteroatoms. The third-order valence-corrected chi connectivity index (χ3v) is 5.80. The summed E-state index contributed by atoms with van der Waals surface area (Å²) in [6.45, 7) is 1.69. The molecule has 2 amide bonds. The molecule has 0 bridgehead atoms. The van der Waals surface area contributed by atoms with Crippen LogP contribution in [0.4, 0.5) is 0 Å². The van der Waals surface area contributed by atoms with Crippen LogP contribution in [0.2, 0.25) is 5.02 Å². The Kier molecular flexibility index (Phi) is 5.81. The first-order valence-corrected chi connectivity index (χ1v) is 10.3. The van der Waals surface area contributed by atoms with E-state index in [9.17, 15) is 9.59 Å². The lowest BCUT2D eigenvalue weighted by molar-refractivity contribution is -0.126. The van der Waals surface area contributed by atoms with Crippen molar-refractivity contribution in [3.63, 3.8) is 0 Å². The summed E-state index contributed by atoms with van der Waals surface area (Å²) in [7, 11) is 0. The number of carbonyl (C=O) groups excluding carboxylic acids is 2. The summed E-state index contributed by atoms with van der Waals surface area (Å²) in [6.07, 6.45) is 1.37. The number of amides is 2. The summed E-state index contributed by atoms with van der Waals surface area (Å²) < 4.78 is 0. The van der Waals surface area contributed by atoms with E-state index in [-0.39, 0.29) is 17.7 Å². The standard InChI is InChI=1S/C24H23ClN2O2/c25-20-10-8-17(9-11-20)16-26-23(28)19-12-14-27(15-13-19)24(29)22-7-3-5-18-4-1-2-6-21(18)22/h1-11,19H,12-16H2,(H,26,28). The Hall–Kier alpha value is -2.85. The molecule has 1 fully saturated rings. The molecular weight excluding hydrogens is 384 g/mol. The minimum atomic E-state index is -0.0566. The molecule has 0 aromatic heterocycles. The van der Waals surface area contributed by atoms with E-state index < -0.39 is 0 Å². The molecule has 1 N–H and O–H groups in total. The van der Waals surface area contributed by atoms with Gasteiger partial charge in [0.2, 0.25) is 5.91 Å². The van der Waals surface area contributed by atoms with Crippen LogP contribution in [-0.2, 0) is 11.3 Å². The third kappa shape index (κ3) is 4.43. The smallest absolute Gasteiger partial charge is 0.254 e. The zero-order chi connectivity index (χ0) is 20.2. The predicted octanol–water partition coefficient (Wildman–Crippen LogP) is 4.66. The van der Waals surface area contributed by atoms with Crippen molar-refractivity contribution in [1.82, 2.24) is 10.2 Å². The molecule has 148 valence electrons. The van der Waals surface area contributed by atoms with Crippen molar-refractivity contribution in [3.8, 4) is 0 Å². The van der Waals surface area contributed by atoms with Gasteiger partial charge in [-0.2, -0.15) is 0 Å². The van der Waals surface area contributed by atoms with Gasteiger partial charge in [0.05, 0.1) is 0 Å². The fourth-order valence-corrected chi connectivity index (χ4v) is 3.99. The second-order valence-electron chi connectivity index (χ2n) is 7.44. The van der Waals surface area contributed by atoms with Crippen LogP contribution in [0.1, 0.15) is 28.8 Å². The average Bonchev–Trinajstić information content (AvgIpc) is 2.78. The van der Waals surface area contributed by atoms with E-state index in [4.69, 9.17) is 11.6 Å². The van der Waals surface area contributed by atoms with Gasteiger partial charge in [0.1, 0.15) is 0 Å². The maximum absolute atomic E-state index is 13.0. The van der Waals surface area contributed by atoms with Gasteiger partial charge in [-0.05, 0) is 47.4 Å². The first-order chi connectivity index (χ1) is 14.1. The Balaban J connectivity index is 1.34. The van der Waals surface area contributed by atoms with Crippen LogP contribution in [0.5, 0.6) is 0 Å². The zero-order valence-corrected chi connectivity index (χ0v) is 16.9. The minimum absolute atomic E-state index is 0.0434. The molecule has 1 saturated heterocycles. The van der Waals surface area contributed by atoms with E-state index in [0.717, 1.165) is 21.9 Å². The fraction of sp³-hybridized carbons (Fsp3) is 0.250. The molecule has 3 aromatic rings. The summed E-state index contributed by atoms with van der Waals surface area (Å²) >= 11 is 5.89. The third-order valence-electron chi connectivity index (χ3n) is 5.55. The lowest BCUT2D eigenvalue weighted by Gasteiger charge is -2.31. The second kappa shape index (κ2) is 8.66. The number of hydrogen-bond acceptors (Lipinski definition) is 2. The molecule has 4 nitrogen and oxygen atoms in total. The average molecular weight is 407 g/mol. The highest BCUT2D eigenvalue weighted by molar-refractivity contribution is 6.30. The molecule has 0 radical (unpaired) electrons. The molecule has 1 aliphatic heterocycles. The van der Waals surface area contributed by atoms with Crippen LogP contribution in [0.15, 0.2) is 66.7 Å². The van der Waals surface area contributed by atoms with Crippen LogP contribution in [0, 0.1) is 5.92 Å². The highest BCUT2D eigenvalue weighted by atomic mass is 35.5. The molecule has 3 aromatic carbocycles. The van der Waals surface area contributed by atoms with Crippen LogP contribution in [-0.4, -0.2) is 29.8 Å². The number of hydrogen-bond donors (Lipinski definition) is 1. The van der Waals surface area contributed by atoms with Crippen LogP contribution in [0.25, 0.3) is 10.8 Å². The lowest BCUT2D eigenvalue weighted by atomic mass is 9.94. The highest BCUT2D eigenvalue weighted by Crippen LogP contribution is 2.24. The van der Waals surface area contributed by atoms with Gasteiger partial charge < -0.3 is 10.2 Å². The van der Waals surface area contributed by atoms with Crippen molar-refractivity contribution < 1.29 is 9.59 Å². The first kappa shape index (κ1) is 19.5. The Morgan fingerprint density at radius 2 is 1.62 bits per heavy atom. The van der Waals surface area contributed by atoms with Gasteiger partial charge in [-0.15, -0.1) is 0 Å². The van der Waals surface area contributed by atoms with E-state index in [0.29, 0.717) is 37.5 Å². The van der Waals surface area contributed by atoms with Gasteiger partial charge >= 0.3 is 0 Å². The Morgan fingerprint density at radius 1 is 0.931 bits per heavy atom. The Bertz CT molecular complexity index is 1020. The number of fused-ring (bicyclic) bond motifs is 1. The maximum Gasteiger partial charge on any atom is 0.254 e. The molecule has 0 aliphatic carbocycles. The quantitative estimate of drug-likeness (QED) is 0.684. The van der Waals surface area contributed by atoms with Crippen molar-refractivity contribution >= 4 is 34.2 Å². The molecular formula is C24H23ClN2O2. The van der Waals surface area contributed by atoms with Gasteiger partial charge in [-0.1, -0.05) is 60.1 Å². The van der Waals surface area contributed by atoms with Gasteiger partial charge in [-0.25, -0.2) is 0 Å². The molecule has 1 heterocycles. The van der Waals surface area contributed by atoms with Crippen LogP contribution in [0.3, 0.4) is 0 Å². The summed E-state index contributed by atoms with van der Waals surface area (Å²) in [5.41, 5.74) is 1.75. The summed E-state index contributed by atoms with van der Waals surface area (Å²) in [5.74, 6) is 0.0397. The number of benzene rings is 3. The summed E-state index contributed by atoms with van der Waals surface area (Å²) in [4.78, 5) is 27.4. The number of halogens is 1. The number of rotatable bonds is 4. The van der Waals surface area contributed by atoms with Crippen LogP contribution < -0.4 is 5.32 Å². The molecule has 4 rings (SSSR count). The van der Waals surface area contributed by atoms with Crippen molar-refractivity contribution in [2.75, 3.05) is 13.1 Å². The monoisotopic (exact) mass is 406 g/mol. The number of carbonyl (C=O) groups is 2. The Labute approximate surface area is 175 Å². The Morgan fingerprint density at radius 3 is 2.38 bits per heavy atom. The minimum Gasteiger partial charge on any atom is -0.352 e. The van der Waals surface area contributed by atoms with E-state index in [1.807, 2.05) is 71.6 Å². The highest BCUT2D eigenvalue weighted by Gasteiger charge is 2.28. The number of nitrogens with one attached hydrogen (secondary N) is 1.